The van der Waals surface area contributed by atoms with E-state index in [1.165, 1.54) is 6.42 Å². The first-order chi connectivity index (χ1) is 13.4. The number of amides is 1. The SMILES string of the molecule is Cc1cc(S(=O)(=O)NC(C)C2CCNCC2)ccc1NC(=O)C1CCCCC1. The number of carbonyl (C=O) groups excluding carboxylic acids is 1. The molecule has 1 saturated heterocycles. The second-order valence-corrected chi connectivity index (χ2v) is 10.0. The third kappa shape index (κ3) is 5.33. The van der Waals surface area contributed by atoms with E-state index in [1.54, 1.807) is 18.2 Å². The summed E-state index contributed by atoms with van der Waals surface area (Å²) in [6, 6.07) is 4.84. The lowest BCUT2D eigenvalue weighted by Crippen LogP contribution is -2.42. The van der Waals surface area contributed by atoms with Crippen LogP contribution in [0.1, 0.15) is 57.4 Å². The predicted molar refractivity (Wildman–Crippen MR) is 112 cm³/mol. The molecule has 0 aromatic heterocycles. The van der Waals surface area contributed by atoms with Gasteiger partial charge in [-0.25, -0.2) is 13.1 Å². The van der Waals surface area contributed by atoms with Gasteiger partial charge in [-0.3, -0.25) is 4.79 Å². The van der Waals surface area contributed by atoms with Crippen molar-refractivity contribution in [3.63, 3.8) is 0 Å². The van der Waals surface area contributed by atoms with Gasteiger partial charge in [0.2, 0.25) is 15.9 Å². The largest absolute Gasteiger partial charge is 0.326 e. The molecule has 0 bridgehead atoms. The summed E-state index contributed by atoms with van der Waals surface area (Å²) in [5.74, 6) is 0.478. The Bertz CT molecular complexity index is 782. The fraction of sp³-hybridized carbons (Fsp3) is 0.667. The van der Waals surface area contributed by atoms with E-state index in [1.807, 2.05) is 13.8 Å². The van der Waals surface area contributed by atoms with Crippen LogP contribution in [0.4, 0.5) is 5.69 Å². The van der Waals surface area contributed by atoms with Gasteiger partial charge < -0.3 is 10.6 Å². The molecule has 1 atom stereocenters. The molecule has 2 aliphatic rings. The highest BCUT2D eigenvalue weighted by Gasteiger charge is 2.26. The van der Waals surface area contributed by atoms with Crippen molar-refractivity contribution < 1.29 is 13.2 Å². The van der Waals surface area contributed by atoms with Crippen molar-refractivity contribution in [1.82, 2.24) is 10.0 Å². The van der Waals surface area contributed by atoms with Crippen molar-refractivity contribution in [2.75, 3.05) is 18.4 Å². The van der Waals surface area contributed by atoms with Crippen LogP contribution in [0.5, 0.6) is 0 Å². The lowest BCUT2D eigenvalue weighted by atomic mass is 9.88. The van der Waals surface area contributed by atoms with Crippen molar-refractivity contribution in [2.24, 2.45) is 11.8 Å². The van der Waals surface area contributed by atoms with Gasteiger partial charge in [0.1, 0.15) is 0 Å². The van der Waals surface area contributed by atoms with Gasteiger partial charge in [0, 0.05) is 17.6 Å². The zero-order chi connectivity index (χ0) is 20.1. The molecule has 1 saturated carbocycles. The number of benzene rings is 1. The lowest BCUT2D eigenvalue weighted by Gasteiger charge is -2.28. The van der Waals surface area contributed by atoms with Gasteiger partial charge >= 0.3 is 0 Å². The minimum Gasteiger partial charge on any atom is -0.326 e. The maximum Gasteiger partial charge on any atom is 0.240 e. The quantitative estimate of drug-likeness (QED) is 0.676. The molecule has 0 spiro atoms. The van der Waals surface area contributed by atoms with Gasteiger partial charge in [-0.15, -0.1) is 0 Å². The average molecular weight is 408 g/mol. The number of hydrogen-bond acceptors (Lipinski definition) is 4. The highest BCUT2D eigenvalue weighted by atomic mass is 32.2. The summed E-state index contributed by atoms with van der Waals surface area (Å²) in [7, 11) is -3.58. The Morgan fingerprint density at radius 1 is 1.11 bits per heavy atom. The summed E-state index contributed by atoms with van der Waals surface area (Å²) in [5, 5.41) is 6.30. The Hall–Kier alpha value is -1.44. The Morgan fingerprint density at radius 3 is 2.43 bits per heavy atom. The summed E-state index contributed by atoms with van der Waals surface area (Å²) in [4.78, 5) is 12.7. The Morgan fingerprint density at radius 2 is 1.79 bits per heavy atom. The molecule has 6 nitrogen and oxygen atoms in total. The molecule has 1 aliphatic carbocycles. The molecule has 3 rings (SSSR count). The zero-order valence-corrected chi connectivity index (χ0v) is 17.8. The fourth-order valence-electron chi connectivity index (χ4n) is 4.30. The van der Waals surface area contributed by atoms with Crippen LogP contribution in [-0.4, -0.2) is 33.5 Å². The second-order valence-electron chi connectivity index (χ2n) is 8.30. The van der Waals surface area contributed by atoms with Crippen LogP contribution in [0.3, 0.4) is 0 Å². The third-order valence-corrected chi connectivity index (χ3v) is 7.73. The highest BCUT2D eigenvalue weighted by molar-refractivity contribution is 7.89. The van der Waals surface area contributed by atoms with Crippen LogP contribution in [0.2, 0.25) is 0 Å². The van der Waals surface area contributed by atoms with Crippen molar-refractivity contribution >= 4 is 21.6 Å². The molecule has 1 aromatic rings. The van der Waals surface area contributed by atoms with Gasteiger partial charge in [0.25, 0.3) is 0 Å². The normalized spacial score (nSPS) is 20.6. The molecule has 1 amide bonds. The van der Waals surface area contributed by atoms with E-state index in [0.29, 0.717) is 11.6 Å². The van der Waals surface area contributed by atoms with E-state index in [2.05, 4.69) is 15.4 Å². The van der Waals surface area contributed by atoms with Crippen molar-refractivity contribution in [3.05, 3.63) is 23.8 Å². The molecular formula is C21H33N3O3S. The summed E-state index contributed by atoms with van der Waals surface area (Å²) >= 11 is 0. The lowest BCUT2D eigenvalue weighted by molar-refractivity contribution is -0.120. The molecular weight excluding hydrogens is 374 g/mol. The first-order valence-electron chi connectivity index (χ1n) is 10.5. The average Bonchev–Trinajstić information content (AvgIpc) is 2.70. The summed E-state index contributed by atoms with van der Waals surface area (Å²) in [6.45, 7) is 5.65. The minimum atomic E-state index is -3.58. The molecule has 1 aromatic carbocycles. The smallest absolute Gasteiger partial charge is 0.240 e. The summed E-state index contributed by atoms with van der Waals surface area (Å²) < 4.78 is 28.4. The molecule has 156 valence electrons. The monoisotopic (exact) mass is 407 g/mol. The Kier molecular flexibility index (Phi) is 7.12. The highest BCUT2D eigenvalue weighted by Crippen LogP contribution is 2.27. The molecule has 28 heavy (non-hydrogen) atoms. The van der Waals surface area contributed by atoms with Crippen LogP contribution in [-0.2, 0) is 14.8 Å². The van der Waals surface area contributed by atoms with E-state index < -0.39 is 10.0 Å². The third-order valence-electron chi connectivity index (χ3n) is 6.17. The predicted octanol–water partition coefficient (Wildman–Crippen LogP) is 3.18. The molecule has 2 fully saturated rings. The van der Waals surface area contributed by atoms with Gasteiger partial charge in [0.05, 0.1) is 4.90 Å². The van der Waals surface area contributed by atoms with Gasteiger partial charge in [-0.2, -0.15) is 0 Å². The number of rotatable bonds is 6. The van der Waals surface area contributed by atoms with Crippen molar-refractivity contribution in [3.8, 4) is 0 Å². The van der Waals surface area contributed by atoms with Crippen LogP contribution in [0.25, 0.3) is 0 Å². The molecule has 7 heteroatoms. The molecule has 3 N–H and O–H groups in total. The molecule has 1 aliphatic heterocycles. The van der Waals surface area contributed by atoms with E-state index in [0.717, 1.165) is 57.2 Å². The van der Waals surface area contributed by atoms with Crippen LogP contribution in [0, 0.1) is 18.8 Å². The molecule has 1 heterocycles. The topological polar surface area (TPSA) is 87.3 Å². The zero-order valence-electron chi connectivity index (χ0n) is 17.0. The number of nitrogens with one attached hydrogen (secondary N) is 3. The maximum atomic E-state index is 12.8. The van der Waals surface area contributed by atoms with Gasteiger partial charge in [0.15, 0.2) is 0 Å². The first-order valence-corrected chi connectivity index (χ1v) is 12.0. The number of carbonyl (C=O) groups is 1. The first kappa shape index (κ1) is 21.3. The fourth-order valence-corrected chi connectivity index (χ4v) is 5.69. The number of piperidine rings is 1. The summed E-state index contributed by atoms with van der Waals surface area (Å²) in [6.07, 6.45) is 7.26. The van der Waals surface area contributed by atoms with Crippen LogP contribution < -0.4 is 15.4 Å². The van der Waals surface area contributed by atoms with Crippen molar-refractivity contribution in [1.29, 1.82) is 0 Å². The van der Waals surface area contributed by atoms with E-state index in [9.17, 15) is 13.2 Å². The van der Waals surface area contributed by atoms with E-state index in [4.69, 9.17) is 0 Å². The second kappa shape index (κ2) is 9.37. The van der Waals surface area contributed by atoms with Crippen molar-refractivity contribution in [2.45, 2.75) is 69.7 Å². The summed E-state index contributed by atoms with van der Waals surface area (Å²) in [5.41, 5.74) is 1.46. The van der Waals surface area contributed by atoms with Crippen LogP contribution in [0.15, 0.2) is 23.1 Å². The minimum absolute atomic E-state index is 0.0519. The number of anilines is 1. The van der Waals surface area contributed by atoms with Gasteiger partial charge in [-0.1, -0.05) is 19.3 Å². The standard InChI is InChI=1S/C21H33N3O3S/c1-15-14-19(28(26,27)24-16(2)17-10-12-22-13-11-17)8-9-20(15)23-21(25)18-6-4-3-5-7-18/h8-9,14,16-18,22,24H,3-7,10-13H2,1-2H3,(H,23,25). The number of aryl methyl sites for hydroxylation is 1. The van der Waals surface area contributed by atoms with E-state index in [-0.39, 0.29) is 22.8 Å². The van der Waals surface area contributed by atoms with Gasteiger partial charge in [-0.05, 0) is 82.3 Å². The maximum absolute atomic E-state index is 12.8. The Labute approximate surface area is 168 Å². The number of sulfonamides is 1. The Balaban J connectivity index is 1.65. The number of hydrogen-bond donors (Lipinski definition) is 3. The molecule has 0 radical (unpaired) electrons. The van der Waals surface area contributed by atoms with E-state index >= 15 is 0 Å². The molecule has 1 unspecified atom stereocenters. The van der Waals surface area contributed by atoms with Crippen LogP contribution >= 0.6 is 0 Å².